The number of rotatable bonds is 7. The third-order valence-electron chi connectivity index (χ3n) is 2.74. The molecule has 1 aromatic rings. The minimum atomic E-state index is -0.439. The summed E-state index contributed by atoms with van der Waals surface area (Å²) in [5.74, 6) is -0.846. The summed E-state index contributed by atoms with van der Waals surface area (Å²) in [4.78, 5) is 24.7. The minimum absolute atomic E-state index is 0.0801. The predicted octanol–water partition coefficient (Wildman–Crippen LogP) is 1.87. The molecule has 0 aliphatic heterocycles. The van der Waals surface area contributed by atoms with Gasteiger partial charge in [-0.3, -0.25) is 4.79 Å². The average Bonchev–Trinajstić information content (AvgIpc) is 2.46. The Bertz CT molecular complexity index is 482. The highest BCUT2D eigenvalue weighted by atomic mass is 19.1. The number of hydrogen-bond acceptors (Lipinski definition) is 4. The molecule has 0 fully saturated rings. The van der Waals surface area contributed by atoms with Crippen molar-refractivity contribution in [2.24, 2.45) is 0 Å². The van der Waals surface area contributed by atoms with Gasteiger partial charge < -0.3 is 19.7 Å². The fraction of sp³-hybridized carbons (Fsp3) is 0.429. The highest BCUT2D eigenvalue weighted by Gasteiger charge is 2.15. The normalized spacial score (nSPS) is 10.0. The van der Waals surface area contributed by atoms with Crippen LogP contribution in [0.25, 0.3) is 0 Å². The summed E-state index contributed by atoms with van der Waals surface area (Å²) in [6.07, 6.45) is 0.0801. The van der Waals surface area contributed by atoms with Gasteiger partial charge in [-0.05, 0) is 18.2 Å². The number of anilines is 1. The third-order valence-corrected chi connectivity index (χ3v) is 2.74. The van der Waals surface area contributed by atoms with Crippen LogP contribution in [0.3, 0.4) is 0 Å². The molecule has 0 unspecified atom stereocenters. The van der Waals surface area contributed by atoms with Crippen molar-refractivity contribution in [3.05, 3.63) is 30.1 Å². The van der Waals surface area contributed by atoms with Crippen molar-refractivity contribution in [1.82, 2.24) is 4.90 Å². The topological polar surface area (TPSA) is 67.9 Å². The van der Waals surface area contributed by atoms with E-state index in [0.29, 0.717) is 18.8 Å². The molecule has 0 aromatic heterocycles. The first-order chi connectivity index (χ1) is 10.1. The zero-order valence-corrected chi connectivity index (χ0v) is 12.1. The van der Waals surface area contributed by atoms with E-state index in [9.17, 15) is 14.0 Å². The molecule has 0 saturated heterocycles. The van der Waals surface area contributed by atoms with E-state index in [1.165, 1.54) is 37.3 Å². The molecule has 0 aliphatic carbocycles. The number of nitrogens with zero attached hydrogens (tertiary/aromatic N) is 1. The molecule has 116 valence electrons. The number of urea groups is 1. The van der Waals surface area contributed by atoms with Gasteiger partial charge in [-0.25, -0.2) is 9.18 Å². The van der Waals surface area contributed by atoms with E-state index in [2.05, 4.69) is 10.1 Å². The Morgan fingerprint density at radius 1 is 1.29 bits per heavy atom. The highest BCUT2D eigenvalue weighted by molar-refractivity contribution is 5.89. The van der Waals surface area contributed by atoms with E-state index in [-0.39, 0.29) is 13.0 Å². The highest BCUT2D eigenvalue weighted by Crippen LogP contribution is 2.10. The van der Waals surface area contributed by atoms with Crippen LogP contribution in [0.2, 0.25) is 0 Å². The van der Waals surface area contributed by atoms with Crippen LogP contribution >= 0.6 is 0 Å². The zero-order chi connectivity index (χ0) is 15.7. The van der Waals surface area contributed by atoms with Crippen LogP contribution in [-0.4, -0.2) is 50.8 Å². The zero-order valence-electron chi connectivity index (χ0n) is 12.1. The first-order valence-corrected chi connectivity index (χ1v) is 6.44. The molecule has 6 nitrogen and oxygen atoms in total. The molecular weight excluding hydrogens is 279 g/mol. The summed E-state index contributed by atoms with van der Waals surface area (Å²) in [5.41, 5.74) is 0.348. The molecular formula is C14H19FN2O4. The Balaban J connectivity index is 2.63. The van der Waals surface area contributed by atoms with Crippen molar-refractivity contribution in [3.63, 3.8) is 0 Å². The maximum atomic E-state index is 13.1. The van der Waals surface area contributed by atoms with Gasteiger partial charge >= 0.3 is 12.0 Å². The number of carbonyl (C=O) groups is 2. The van der Waals surface area contributed by atoms with Crippen LogP contribution in [0.4, 0.5) is 14.9 Å². The second-order valence-electron chi connectivity index (χ2n) is 4.25. The minimum Gasteiger partial charge on any atom is -0.469 e. The number of esters is 1. The van der Waals surface area contributed by atoms with Gasteiger partial charge in [-0.2, -0.15) is 0 Å². The lowest BCUT2D eigenvalue weighted by Crippen LogP contribution is -2.38. The Morgan fingerprint density at radius 2 is 2.05 bits per heavy atom. The van der Waals surface area contributed by atoms with E-state index in [4.69, 9.17) is 4.74 Å². The standard InChI is InChI=1S/C14H19FN2O4/c1-20-9-8-17(7-6-13(18)21-2)14(19)16-12-5-3-4-11(15)10-12/h3-5,10H,6-9H2,1-2H3,(H,16,19). The quantitative estimate of drug-likeness (QED) is 0.780. The van der Waals surface area contributed by atoms with Gasteiger partial charge in [0.2, 0.25) is 0 Å². The summed E-state index contributed by atoms with van der Waals surface area (Å²) in [7, 11) is 2.80. The van der Waals surface area contributed by atoms with E-state index in [1.807, 2.05) is 0 Å². The van der Waals surface area contributed by atoms with Crippen molar-refractivity contribution >= 4 is 17.7 Å². The maximum absolute atomic E-state index is 13.1. The fourth-order valence-electron chi connectivity index (χ4n) is 1.61. The molecule has 7 heteroatoms. The van der Waals surface area contributed by atoms with Crippen molar-refractivity contribution in [1.29, 1.82) is 0 Å². The van der Waals surface area contributed by atoms with Crippen LogP contribution in [0.15, 0.2) is 24.3 Å². The number of ether oxygens (including phenoxy) is 2. The Hall–Kier alpha value is -2.15. The number of carbonyl (C=O) groups excluding carboxylic acids is 2. The lowest BCUT2D eigenvalue weighted by Gasteiger charge is -2.22. The summed E-state index contributed by atoms with van der Waals surface area (Å²) >= 11 is 0. The van der Waals surface area contributed by atoms with Gasteiger partial charge in [0, 0.05) is 25.9 Å². The Morgan fingerprint density at radius 3 is 2.67 bits per heavy atom. The predicted molar refractivity (Wildman–Crippen MR) is 75.5 cm³/mol. The van der Waals surface area contributed by atoms with Gasteiger partial charge in [0.25, 0.3) is 0 Å². The molecule has 0 radical (unpaired) electrons. The van der Waals surface area contributed by atoms with E-state index >= 15 is 0 Å². The van der Waals surface area contributed by atoms with E-state index in [1.54, 1.807) is 6.07 Å². The van der Waals surface area contributed by atoms with Crippen molar-refractivity contribution in [2.45, 2.75) is 6.42 Å². The Kier molecular flexibility index (Phi) is 7.17. The lowest BCUT2D eigenvalue weighted by molar-refractivity contribution is -0.140. The van der Waals surface area contributed by atoms with Crippen LogP contribution in [-0.2, 0) is 14.3 Å². The molecule has 0 heterocycles. The van der Waals surface area contributed by atoms with Gasteiger partial charge in [-0.15, -0.1) is 0 Å². The number of halogens is 1. The molecule has 0 saturated carbocycles. The van der Waals surface area contributed by atoms with Crippen LogP contribution < -0.4 is 5.32 Å². The molecule has 1 N–H and O–H groups in total. The summed E-state index contributed by atoms with van der Waals surface area (Å²) in [6.45, 7) is 0.837. The number of benzene rings is 1. The van der Waals surface area contributed by atoms with Gasteiger partial charge in [0.05, 0.1) is 20.1 Å². The third kappa shape index (κ3) is 6.22. The summed E-state index contributed by atoms with van der Waals surface area (Å²) in [6, 6.07) is 5.15. The molecule has 21 heavy (non-hydrogen) atoms. The van der Waals surface area contributed by atoms with Crippen LogP contribution in [0.1, 0.15) is 6.42 Å². The van der Waals surface area contributed by atoms with Gasteiger partial charge in [-0.1, -0.05) is 6.07 Å². The number of methoxy groups -OCH3 is 2. The Labute approximate surface area is 122 Å². The second-order valence-corrected chi connectivity index (χ2v) is 4.25. The summed E-state index contributed by atoms with van der Waals surface area (Å²) < 4.78 is 22.5. The van der Waals surface area contributed by atoms with Crippen LogP contribution in [0.5, 0.6) is 0 Å². The first kappa shape index (κ1) is 16.9. The number of amides is 2. The molecule has 2 amide bonds. The van der Waals surface area contributed by atoms with Gasteiger partial charge in [0.1, 0.15) is 5.82 Å². The van der Waals surface area contributed by atoms with E-state index < -0.39 is 17.8 Å². The SMILES string of the molecule is COCCN(CCC(=O)OC)C(=O)Nc1cccc(F)c1. The first-order valence-electron chi connectivity index (χ1n) is 6.44. The molecule has 0 atom stereocenters. The number of hydrogen-bond donors (Lipinski definition) is 1. The molecule has 1 aromatic carbocycles. The monoisotopic (exact) mass is 298 g/mol. The van der Waals surface area contributed by atoms with Crippen molar-refractivity contribution in [2.75, 3.05) is 39.2 Å². The maximum Gasteiger partial charge on any atom is 0.321 e. The molecule has 0 aliphatic rings. The lowest BCUT2D eigenvalue weighted by atomic mass is 10.3. The van der Waals surface area contributed by atoms with Gasteiger partial charge in [0.15, 0.2) is 0 Å². The average molecular weight is 298 g/mol. The molecule has 1 rings (SSSR count). The molecule has 0 spiro atoms. The van der Waals surface area contributed by atoms with E-state index in [0.717, 1.165) is 0 Å². The van der Waals surface area contributed by atoms with Crippen LogP contribution in [0, 0.1) is 5.82 Å². The number of nitrogens with one attached hydrogen (secondary N) is 1. The largest absolute Gasteiger partial charge is 0.469 e. The molecule has 0 bridgehead atoms. The fourth-order valence-corrected chi connectivity index (χ4v) is 1.61. The second kappa shape index (κ2) is 8.91. The van der Waals surface area contributed by atoms with Crippen molar-refractivity contribution in [3.8, 4) is 0 Å². The smallest absolute Gasteiger partial charge is 0.321 e. The summed E-state index contributed by atoms with van der Waals surface area (Å²) in [5, 5.41) is 2.57. The van der Waals surface area contributed by atoms with Crippen molar-refractivity contribution < 1.29 is 23.5 Å².